The summed E-state index contributed by atoms with van der Waals surface area (Å²) in [7, 11) is 0. The lowest BCUT2D eigenvalue weighted by atomic mass is 10.2. The van der Waals surface area contributed by atoms with Gasteiger partial charge in [0, 0.05) is 11.6 Å². The second-order valence-electron chi connectivity index (χ2n) is 3.88. The Balaban J connectivity index is 2.63. The highest BCUT2D eigenvalue weighted by Crippen LogP contribution is 2.22. The van der Waals surface area contributed by atoms with Crippen LogP contribution in [0, 0.1) is 25.5 Å². The maximum absolute atomic E-state index is 13.8. The monoisotopic (exact) mass is 256 g/mol. The number of aromatic nitrogens is 2. The van der Waals surface area contributed by atoms with Gasteiger partial charge in [-0.2, -0.15) is 5.10 Å². The van der Waals surface area contributed by atoms with E-state index in [4.69, 9.17) is 11.6 Å². The van der Waals surface area contributed by atoms with Crippen molar-refractivity contribution in [2.75, 3.05) is 0 Å². The summed E-state index contributed by atoms with van der Waals surface area (Å²) in [6.07, 6.45) is 0. The highest BCUT2D eigenvalue weighted by atomic mass is 35.5. The average molecular weight is 257 g/mol. The molecule has 0 saturated heterocycles. The van der Waals surface area contributed by atoms with Gasteiger partial charge in [-0.3, -0.25) is 0 Å². The Morgan fingerprint density at radius 2 is 1.76 bits per heavy atom. The van der Waals surface area contributed by atoms with Crippen LogP contribution in [0.2, 0.25) is 0 Å². The molecule has 0 atom stereocenters. The maximum Gasteiger partial charge on any atom is 0.152 e. The molecule has 2 nitrogen and oxygen atoms in total. The molecule has 1 aromatic carbocycles. The highest BCUT2D eigenvalue weighted by molar-refractivity contribution is 6.17. The predicted octanol–water partition coefficient (Wildman–Crippen LogP) is 3.51. The van der Waals surface area contributed by atoms with Crippen LogP contribution >= 0.6 is 11.6 Å². The lowest BCUT2D eigenvalue weighted by Gasteiger charge is -2.08. The molecule has 0 amide bonds. The molecule has 1 aromatic heterocycles. The second kappa shape index (κ2) is 4.45. The quantitative estimate of drug-likeness (QED) is 0.752. The minimum Gasteiger partial charge on any atom is -0.232 e. The third kappa shape index (κ3) is 2.17. The SMILES string of the molecule is Cc1cc(C)n(-c2c(F)cc(CCl)cc2F)n1. The van der Waals surface area contributed by atoms with Crippen molar-refractivity contribution in [3.05, 3.63) is 46.8 Å². The van der Waals surface area contributed by atoms with Crippen molar-refractivity contribution in [3.63, 3.8) is 0 Å². The fraction of sp³-hybridized carbons (Fsp3) is 0.250. The van der Waals surface area contributed by atoms with Gasteiger partial charge in [-0.05, 0) is 37.6 Å². The number of alkyl halides is 1. The van der Waals surface area contributed by atoms with Crippen LogP contribution in [0.5, 0.6) is 0 Å². The van der Waals surface area contributed by atoms with Crippen molar-refractivity contribution in [1.82, 2.24) is 9.78 Å². The Bertz CT molecular complexity index is 541. The maximum atomic E-state index is 13.8. The number of benzene rings is 1. The van der Waals surface area contributed by atoms with E-state index in [1.807, 2.05) is 0 Å². The van der Waals surface area contributed by atoms with Crippen LogP contribution in [-0.2, 0) is 5.88 Å². The zero-order valence-electron chi connectivity index (χ0n) is 9.47. The van der Waals surface area contributed by atoms with E-state index in [0.717, 1.165) is 0 Å². The van der Waals surface area contributed by atoms with Crippen LogP contribution in [-0.4, -0.2) is 9.78 Å². The molecule has 0 spiro atoms. The summed E-state index contributed by atoms with van der Waals surface area (Å²) >= 11 is 5.55. The van der Waals surface area contributed by atoms with E-state index in [1.54, 1.807) is 19.9 Å². The Morgan fingerprint density at radius 3 is 2.18 bits per heavy atom. The van der Waals surface area contributed by atoms with Gasteiger partial charge in [0.2, 0.25) is 0 Å². The number of rotatable bonds is 2. The highest BCUT2D eigenvalue weighted by Gasteiger charge is 2.15. The summed E-state index contributed by atoms with van der Waals surface area (Å²) in [6.45, 7) is 3.51. The minimum atomic E-state index is -0.660. The lowest BCUT2D eigenvalue weighted by Crippen LogP contribution is -2.06. The molecule has 0 N–H and O–H groups in total. The van der Waals surface area contributed by atoms with Gasteiger partial charge in [-0.1, -0.05) is 0 Å². The average Bonchev–Trinajstić information content (AvgIpc) is 2.57. The first-order chi connectivity index (χ1) is 8.02. The largest absolute Gasteiger partial charge is 0.232 e. The summed E-state index contributed by atoms with van der Waals surface area (Å²) in [6, 6.07) is 4.21. The summed E-state index contributed by atoms with van der Waals surface area (Å²) in [4.78, 5) is 0. The summed E-state index contributed by atoms with van der Waals surface area (Å²) in [5.74, 6) is -1.25. The van der Waals surface area contributed by atoms with Crippen LogP contribution in [0.25, 0.3) is 5.69 Å². The van der Waals surface area contributed by atoms with Gasteiger partial charge in [0.25, 0.3) is 0 Å². The van der Waals surface area contributed by atoms with Gasteiger partial charge >= 0.3 is 0 Å². The van der Waals surface area contributed by atoms with E-state index in [9.17, 15) is 8.78 Å². The molecular formula is C12H11ClF2N2. The topological polar surface area (TPSA) is 17.8 Å². The molecule has 2 rings (SSSR count). The Hall–Kier alpha value is -1.42. The van der Waals surface area contributed by atoms with Crippen molar-refractivity contribution in [3.8, 4) is 5.69 Å². The van der Waals surface area contributed by atoms with Gasteiger partial charge < -0.3 is 0 Å². The van der Waals surface area contributed by atoms with Crippen molar-refractivity contribution in [1.29, 1.82) is 0 Å². The number of halogens is 3. The fourth-order valence-electron chi connectivity index (χ4n) is 1.75. The second-order valence-corrected chi connectivity index (χ2v) is 4.15. The van der Waals surface area contributed by atoms with Gasteiger partial charge in [0.15, 0.2) is 11.6 Å². The molecule has 17 heavy (non-hydrogen) atoms. The minimum absolute atomic E-state index is 0.0746. The molecule has 0 bridgehead atoms. The molecule has 0 aliphatic heterocycles. The Labute approximate surface area is 103 Å². The standard InChI is InChI=1S/C12H11ClF2N2/c1-7-3-8(2)17(16-7)12-10(14)4-9(6-13)5-11(12)15/h3-5H,6H2,1-2H3. The molecule has 0 saturated carbocycles. The van der Waals surface area contributed by atoms with Crippen LogP contribution in [0.3, 0.4) is 0 Å². The van der Waals surface area contributed by atoms with Gasteiger partial charge in [0.1, 0.15) is 5.69 Å². The molecule has 90 valence electrons. The van der Waals surface area contributed by atoms with Crippen molar-refractivity contribution < 1.29 is 8.78 Å². The first-order valence-corrected chi connectivity index (χ1v) is 5.64. The van der Waals surface area contributed by atoms with Crippen molar-refractivity contribution >= 4 is 11.6 Å². The normalized spacial score (nSPS) is 10.9. The van der Waals surface area contributed by atoms with E-state index < -0.39 is 11.6 Å². The molecule has 0 unspecified atom stereocenters. The summed E-state index contributed by atoms with van der Waals surface area (Å²) in [5, 5.41) is 4.06. The Kier molecular flexibility index (Phi) is 3.15. The third-order valence-electron chi connectivity index (χ3n) is 2.45. The van der Waals surface area contributed by atoms with Crippen LogP contribution in [0.15, 0.2) is 18.2 Å². The smallest absolute Gasteiger partial charge is 0.152 e. The summed E-state index contributed by atoms with van der Waals surface area (Å²) in [5.41, 5.74) is 1.64. The predicted molar refractivity (Wildman–Crippen MR) is 62.5 cm³/mol. The number of aryl methyl sites for hydroxylation is 2. The zero-order chi connectivity index (χ0) is 12.6. The third-order valence-corrected chi connectivity index (χ3v) is 2.76. The first-order valence-electron chi connectivity index (χ1n) is 5.10. The first kappa shape index (κ1) is 12.0. The van der Waals surface area contributed by atoms with Crippen molar-refractivity contribution in [2.24, 2.45) is 0 Å². The molecule has 0 aliphatic rings. The number of nitrogens with zero attached hydrogens (tertiary/aromatic N) is 2. The number of hydrogen-bond acceptors (Lipinski definition) is 1. The van der Waals surface area contributed by atoms with Crippen LogP contribution in [0.4, 0.5) is 8.78 Å². The summed E-state index contributed by atoms with van der Waals surface area (Å²) < 4.78 is 28.9. The molecule has 0 radical (unpaired) electrons. The van der Waals surface area contributed by atoms with E-state index in [-0.39, 0.29) is 11.6 Å². The molecule has 5 heteroatoms. The van der Waals surface area contributed by atoms with Crippen molar-refractivity contribution in [2.45, 2.75) is 19.7 Å². The van der Waals surface area contributed by atoms with Gasteiger partial charge in [0.05, 0.1) is 5.69 Å². The van der Waals surface area contributed by atoms with Gasteiger partial charge in [-0.15, -0.1) is 11.6 Å². The van der Waals surface area contributed by atoms with E-state index in [0.29, 0.717) is 17.0 Å². The molecule has 0 aliphatic carbocycles. The molecule has 0 fully saturated rings. The zero-order valence-corrected chi connectivity index (χ0v) is 10.2. The van der Waals surface area contributed by atoms with Crippen LogP contribution in [0.1, 0.15) is 17.0 Å². The van der Waals surface area contributed by atoms with E-state index in [1.165, 1.54) is 16.8 Å². The lowest BCUT2D eigenvalue weighted by molar-refractivity contribution is 0.555. The fourth-order valence-corrected chi connectivity index (χ4v) is 1.91. The van der Waals surface area contributed by atoms with Gasteiger partial charge in [-0.25, -0.2) is 13.5 Å². The Morgan fingerprint density at radius 1 is 1.18 bits per heavy atom. The number of hydrogen-bond donors (Lipinski definition) is 0. The molecule has 2 aromatic rings. The van der Waals surface area contributed by atoms with E-state index in [2.05, 4.69) is 5.10 Å². The van der Waals surface area contributed by atoms with E-state index >= 15 is 0 Å². The molecular weight excluding hydrogens is 246 g/mol. The van der Waals surface area contributed by atoms with Crippen LogP contribution < -0.4 is 0 Å². The molecule has 1 heterocycles.